The number of halogens is 5. The molecule has 0 aromatic heterocycles. The van der Waals surface area contributed by atoms with Crippen LogP contribution >= 0.6 is 11.6 Å². The zero-order chi connectivity index (χ0) is 15.6. The number of nitrogens with one attached hydrogen (secondary N) is 1. The van der Waals surface area contributed by atoms with Gasteiger partial charge in [-0.1, -0.05) is 18.5 Å². The highest BCUT2D eigenvalue weighted by atomic mass is 35.5. The van der Waals surface area contributed by atoms with Gasteiger partial charge in [-0.3, -0.25) is 0 Å². The van der Waals surface area contributed by atoms with Crippen LogP contribution in [-0.4, -0.2) is 6.04 Å². The maximum absolute atomic E-state index is 13.2. The zero-order valence-electron chi connectivity index (χ0n) is 11.9. The Morgan fingerprint density at radius 1 is 1.23 bits per heavy atom. The molecule has 1 aromatic rings. The Morgan fingerprint density at radius 2 is 1.82 bits per heavy atom. The van der Waals surface area contributed by atoms with Crippen molar-refractivity contribution in [2.24, 2.45) is 5.92 Å². The van der Waals surface area contributed by atoms with Gasteiger partial charge in [-0.2, -0.15) is 13.2 Å². The zero-order valence-corrected chi connectivity index (χ0v) is 13.4. The van der Waals surface area contributed by atoms with Crippen molar-refractivity contribution in [3.63, 3.8) is 0 Å². The Morgan fingerprint density at radius 3 is 2.32 bits per heavy atom. The van der Waals surface area contributed by atoms with Crippen LogP contribution in [0.2, 0.25) is 5.02 Å². The predicted octanol–water partition coefficient (Wildman–Crippen LogP) is 2.84. The summed E-state index contributed by atoms with van der Waals surface area (Å²) in [5.74, 6) is 0.604. The lowest BCUT2D eigenvalue weighted by molar-refractivity contribution is -0.136. The summed E-state index contributed by atoms with van der Waals surface area (Å²) in [6.07, 6.45) is -1.02. The van der Waals surface area contributed by atoms with Gasteiger partial charge < -0.3 is 17.7 Å². The van der Waals surface area contributed by atoms with Crippen molar-refractivity contribution >= 4 is 23.0 Å². The van der Waals surface area contributed by atoms with Crippen LogP contribution in [0.25, 0.3) is 4.98 Å². The Balaban J connectivity index is 0.00000242. The first-order chi connectivity index (χ1) is 9.81. The van der Waals surface area contributed by atoms with Gasteiger partial charge in [0.15, 0.2) is 10.5 Å². The van der Waals surface area contributed by atoms with Crippen LogP contribution in [0.15, 0.2) is 12.1 Å². The molecule has 0 spiro atoms. The van der Waals surface area contributed by atoms with Gasteiger partial charge in [-0.05, 0) is 37.7 Å². The molecule has 0 atom stereocenters. The SMILES string of the molecule is CC1CCC(Nc2cc(Cl)cc([N+]#N)c2C(F)(F)F)CC1.[Cl-]. The largest absolute Gasteiger partial charge is 1.00 e. The van der Waals surface area contributed by atoms with E-state index in [1.165, 1.54) is 6.07 Å². The van der Waals surface area contributed by atoms with Crippen molar-refractivity contribution in [2.75, 3.05) is 5.32 Å². The highest BCUT2D eigenvalue weighted by molar-refractivity contribution is 6.31. The van der Waals surface area contributed by atoms with E-state index < -0.39 is 17.4 Å². The standard InChI is InChI=1S/C14H16ClF3N3.ClH/c1-8-2-4-10(5-3-8)20-11-6-9(15)7-12(21-19)13(11)14(16,17)18;/h6-8,10,20H,2-5H2,1H3;1H/q+1;/p-1. The summed E-state index contributed by atoms with van der Waals surface area (Å²) in [4.78, 5) is 2.72. The summed E-state index contributed by atoms with van der Waals surface area (Å²) >= 11 is 5.81. The molecule has 1 saturated carbocycles. The highest BCUT2D eigenvalue weighted by Gasteiger charge is 2.42. The van der Waals surface area contributed by atoms with Gasteiger partial charge >= 0.3 is 11.9 Å². The van der Waals surface area contributed by atoms with E-state index in [0.717, 1.165) is 31.7 Å². The summed E-state index contributed by atoms with van der Waals surface area (Å²) in [7, 11) is 0. The molecule has 2 rings (SSSR count). The maximum atomic E-state index is 13.2. The number of hydrogen-bond donors (Lipinski definition) is 1. The monoisotopic (exact) mass is 353 g/mol. The Labute approximate surface area is 138 Å². The van der Waals surface area contributed by atoms with Gasteiger partial charge in [-0.25, -0.2) is 0 Å². The minimum Gasteiger partial charge on any atom is -1.00 e. The molecule has 0 amide bonds. The van der Waals surface area contributed by atoms with Crippen molar-refractivity contribution in [3.8, 4) is 0 Å². The molecule has 0 saturated heterocycles. The lowest BCUT2D eigenvalue weighted by Crippen LogP contribution is -3.00. The molecule has 0 aliphatic heterocycles. The third-order valence-corrected chi connectivity index (χ3v) is 4.07. The van der Waals surface area contributed by atoms with Crippen LogP contribution in [-0.2, 0) is 6.18 Å². The lowest BCUT2D eigenvalue weighted by atomic mass is 9.87. The van der Waals surface area contributed by atoms with Crippen molar-refractivity contribution in [1.29, 1.82) is 5.39 Å². The van der Waals surface area contributed by atoms with E-state index in [-0.39, 0.29) is 29.2 Å². The van der Waals surface area contributed by atoms with E-state index in [4.69, 9.17) is 17.0 Å². The first-order valence-electron chi connectivity index (χ1n) is 6.83. The van der Waals surface area contributed by atoms with Gasteiger partial charge in [0.1, 0.15) is 0 Å². The van der Waals surface area contributed by atoms with Gasteiger partial charge in [0.25, 0.3) is 0 Å². The smallest absolute Gasteiger partial charge is 0.426 e. The summed E-state index contributed by atoms with van der Waals surface area (Å²) in [6, 6.07) is 2.21. The molecule has 1 fully saturated rings. The van der Waals surface area contributed by atoms with Crippen LogP contribution < -0.4 is 17.7 Å². The molecule has 22 heavy (non-hydrogen) atoms. The summed E-state index contributed by atoms with van der Waals surface area (Å²) in [5.41, 5.74) is -1.67. The third kappa shape index (κ3) is 4.40. The third-order valence-electron chi connectivity index (χ3n) is 3.85. The lowest BCUT2D eigenvalue weighted by Gasteiger charge is -2.28. The quantitative estimate of drug-likeness (QED) is 0.830. The molecule has 8 heteroatoms. The van der Waals surface area contributed by atoms with E-state index in [1.54, 1.807) is 0 Å². The molecule has 1 aliphatic carbocycles. The second-order valence-electron chi connectivity index (χ2n) is 5.55. The average molecular weight is 354 g/mol. The molecule has 0 bridgehead atoms. The number of rotatable bonds is 2. The Hall–Kier alpha value is -1.19. The summed E-state index contributed by atoms with van der Waals surface area (Å²) in [5, 5.41) is 11.8. The van der Waals surface area contributed by atoms with Gasteiger partial charge in [-0.15, -0.1) is 0 Å². The molecule has 0 heterocycles. The average Bonchev–Trinajstić information content (AvgIpc) is 2.39. The van der Waals surface area contributed by atoms with E-state index >= 15 is 0 Å². The van der Waals surface area contributed by atoms with E-state index in [1.807, 2.05) is 0 Å². The summed E-state index contributed by atoms with van der Waals surface area (Å²) in [6.45, 7) is 2.14. The van der Waals surface area contributed by atoms with Gasteiger partial charge in [0.2, 0.25) is 5.39 Å². The Bertz CT molecular complexity index is 562. The number of nitrogens with zero attached hydrogens (tertiary/aromatic N) is 2. The van der Waals surface area contributed by atoms with Gasteiger partial charge in [0, 0.05) is 6.04 Å². The molecule has 1 N–H and O–H groups in total. The minimum absolute atomic E-state index is 0. The molecule has 1 aliphatic rings. The van der Waals surface area contributed by atoms with Crippen molar-refractivity contribution in [3.05, 3.63) is 27.7 Å². The predicted molar refractivity (Wildman–Crippen MR) is 76.2 cm³/mol. The van der Waals surface area contributed by atoms with Crippen LogP contribution in [0.3, 0.4) is 0 Å². The normalized spacial score (nSPS) is 21.6. The van der Waals surface area contributed by atoms with Crippen molar-refractivity contribution < 1.29 is 25.6 Å². The maximum Gasteiger partial charge on any atom is 0.426 e. The second-order valence-corrected chi connectivity index (χ2v) is 5.98. The van der Waals surface area contributed by atoms with Crippen LogP contribution in [0.5, 0.6) is 0 Å². The molecule has 1 aromatic carbocycles. The first kappa shape index (κ1) is 18.9. The highest BCUT2D eigenvalue weighted by Crippen LogP contribution is 2.44. The van der Waals surface area contributed by atoms with E-state index in [9.17, 15) is 13.2 Å². The Kier molecular flexibility index (Phi) is 6.33. The van der Waals surface area contributed by atoms with E-state index in [0.29, 0.717) is 5.92 Å². The minimum atomic E-state index is -4.61. The molecule has 0 radical (unpaired) electrons. The fourth-order valence-electron chi connectivity index (χ4n) is 2.71. The number of hydrogen-bond acceptors (Lipinski definition) is 2. The molecular weight excluding hydrogens is 338 g/mol. The van der Waals surface area contributed by atoms with Gasteiger partial charge in [0.05, 0.1) is 16.8 Å². The fraction of sp³-hybridized carbons (Fsp3) is 0.571. The number of diazo groups is 1. The van der Waals surface area contributed by atoms with Crippen LogP contribution in [0.4, 0.5) is 24.5 Å². The van der Waals surface area contributed by atoms with Crippen LogP contribution in [0, 0.1) is 11.3 Å². The second kappa shape index (κ2) is 7.38. The van der Waals surface area contributed by atoms with Crippen LogP contribution in [0.1, 0.15) is 38.2 Å². The summed E-state index contributed by atoms with van der Waals surface area (Å²) < 4.78 is 39.6. The number of benzene rings is 1. The molecule has 122 valence electrons. The van der Waals surface area contributed by atoms with Crippen molar-refractivity contribution in [1.82, 2.24) is 0 Å². The number of anilines is 1. The van der Waals surface area contributed by atoms with E-state index in [2.05, 4.69) is 17.2 Å². The van der Waals surface area contributed by atoms with Crippen molar-refractivity contribution in [2.45, 2.75) is 44.8 Å². The fourth-order valence-corrected chi connectivity index (χ4v) is 2.92. The molecular formula is C14H16Cl2F3N3. The first-order valence-corrected chi connectivity index (χ1v) is 7.21. The molecule has 0 unspecified atom stereocenters. The number of alkyl halides is 3. The molecule has 3 nitrogen and oxygen atoms in total. The topological polar surface area (TPSA) is 40.2 Å².